The zero-order valence-corrected chi connectivity index (χ0v) is 5.78. The minimum absolute atomic E-state index is 0.00463. The molecule has 1 saturated heterocycles. The van der Waals surface area contributed by atoms with Crippen molar-refractivity contribution in [3.05, 3.63) is 0 Å². The van der Waals surface area contributed by atoms with Crippen molar-refractivity contribution in [2.75, 3.05) is 5.75 Å². The van der Waals surface area contributed by atoms with E-state index in [0.29, 0.717) is 0 Å². The van der Waals surface area contributed by atoms with Crippen molar-refractivity contribution in [3.8, 4) is 0 Å². The molecule has 4 heteroatoms. The van der Waals surface area contributed by atoms with E-state index >= 15 is 0 Å². The first-order chi connectivity index (χ1) is 4.34. The van der Waals surface area contributed by atoms with Gasteiger partial charge in [-0.25, -0.2) is 5.48 Å². The molecule has 3 nitrogen and oxygen atoms in total. The van der Waals surface area contributed by atoms with Gasteiger partial charge in [-0.05, 0) is 18.6 Å². The smallest absolute Gasteiger partial charge is 0.256 e. The summed E-state index contributed by atoms with van der Waals surface area (Å²) in [7, 11) is 0. The molecule has 1 unspecified atom stereocenters. The van der Waals surface area contributed by atoms with Crippen LogP contribution in [0, 0.1) is 0 Å². The third-order valence-corrected chi connectivity index (χ3v) is 2.71. The SMILES string of the molecule is O=C(NO)C1CCCS1. The van der Waals surface area contributed by atoms with Gasteiger partial charge in [0.15, 0.2) is 0 Å². The minimum atomic E-state index is -0.252. The van der Waals surface area contributed by atoms with Crippen LogP contribution in [0.15, 0.2) is 0 Å². The largest absolute Gasteiger partial charge is 0.289 e. The van der Waals surface area contributed by atoms with E-state index in [1.165, 1.54) is 0 Å². The number of hydroxylamine groups is 1. The number of thioether (sulfide) groups is 1. The molecule has 52 valence electrons. The van der Waals surface area contributed by atoms with Crippen molar-refractivity contribution in [2.24, 2.45) is 0 Å². The van der Waals surface area contributed by atoms with Crippen LogP contribution >= 0.6 is 11.8 Å². The average molecular weight is 147 g/mol. The number of hydrogen-bond donors (Lipinski definition) is 2. The molecule has 1 heterocycles. The van der Waals surface area contributed by atoms with Crippen LogP contribution in [0.2, 0.25) is 0 Å². The van der Waals surface area contributed by atoms with Gasteiger partial charge in [0.05, 0.1) is 5.25 Å². The molecule has 9 heavy (non-hydrogen) atoms. The summed E-state index contributed by atoms with van der Waals surface area (Å²) in [5, 5.41) is 8.18. The highest BCUT2D eigenvalue weighted by Crippen LogP contribution is 2.25. The Morgan fingerprint density at radius 2 is 2.56 bits per heavy atom. The molecule has 0 aromatic rings. The molecule has 0 bridgehead atoms. The number of carbonyl (C=O) groups is 1. The summed E-state index contributed by atoms with van der Waals surface area (Å²) in [6.07, 6.45) is 1.99. The second kappa shape index (κ2) is 3.08. The van der Waals surface area contributed by atoms with Gasteiger partial charge >= 0.3 is 0 Å². The number of amides is 1. The van der Waals surface area contributed by atoms with Crippen LogP contribution in [0.5, 0.6) is 0 Å². The van der Waals surface area contributed by atoms with Gasteiger partial charge < -0.3 is 0 Å². The fourth-order valence-corrected chi connectivity index (χ4v) is 2.01. The number of nitrogens with one attached hydrogen (secondary N) is 1. The van der Waals surface area contributed by atoms with Crippen LogP contribution in [0.1, 0.15) is 12.8 Å². The van der Waals surface area contributed by atoms with Crippen LogP contribution in [0.4, 0.5) is 0 Å². The Bertz CT molecular complexity index is 112. The monoisotopic (exact) mass is 147 g/mol. The third-order valence-electron chi connectivity index (χ3n) is 1.33. The Kier molecular flexibility index (Phi) is 2.36. The van der Waals surface area contributed by atoms with Crippen molar-refractivity contribution in [2.45, 2.75) is 18.1 Å². The molecule has 1 amide bonds. The summed E-state index contributed by atoms with van der Waals surface area (Å²) in [6.45, 7) is 0. The highest BCUT2D eigenvalue weighted by molar-refractivity contribution is 8.00. The molecule has 0 aromatic carbocycles. The van der Waals surface area contributed by atoms with Crippen LogP contribution in [0.25, 0.3) is 0 Å². The topological polar surface area (TPSA) is 49.3 Å². The van der Waals surface area contributed by atoms with E-state index in [0.717, 1.165) is 18.6 Å². The van der Waals surface area contributed by atoms with Gasteiger partial charge in [0.25, 0.3) is 5.91 Å². The molecule has 0 aliphatic carbocycles. The van der Waals surface area contributed by atoms with Crippen molar-refractivity contribution < 1.29 is 10.0 Å². The third kappa shape index (κ3) is 1.59. The van der Waals surface area contributed by atoms with Gasteiger partial charge in [0.2, 0.25) is 0 Å². The zero-order chi connectivity index (χ0) is 6.69. The highest BCUT2D eigenvalue weighted by atomic mass is 32.2. The fourth-order valence-electron chi connectivity index (χ4n) is 0.856. The maximum absolute atomic E-state index is 10.6. The molecule has 0 aromatic heterocycles. The highest BCUT2D eigenvalue weighted by Gasteiger charge is 2.22. The second-order valence-electron chi connectivity index (χ2n) is 1.98. The second-order valence-corrected chi connectivity index (χ2v) is 3.29. The van der Waals surface area contributed by atoms with E-state index in [4.69, 9.17) is 5.21 Å². The lowest BCUT2D eigenvalue weighted by Crippen LogP contribution is -2.28. The zero-order valence-electron chi connectivity index (χ0n) is 4.96. The van der Waals surface area contributed by atoms with E-state index in [9.17, 15) is 4.79 Å². The summed E-state index contributed by atoms with van der Waals surface area (Å²) < 4.78 is 0. The predicted octanol–water partition coefficient (Wildman–Crippen LogP) is 0.387. The molecule has 2 N–H and O–H groups in total. The van der Waals surface area contributed by atoms with Crippen molar-refractivity contribution >= 4 is 17.7 Å². The molecular formula is C5H9NO2S. The number of carbonyl (C=O) groups excluding carboxylic acids is 1. The van der Waals surface area contributed by atoms with E-state index in [1.54, 1.807) is 17.2 Å². The standard InChI is InChI=1S/C5H9NO2S/c7-5(6-8)4-2-1-3-9-4/h4,8H,1-3H2,(H,6,7). The van der Waals surface area contributed by atoms with Crippen molar-refractivity contribution in [1.29, 1.82) is 0 Å². The van der Waals surface area contributed by atoms with Crippen molar-refractivity contribution in [3.63, 3.8) is 0 Å². The normalized spacial score (nSPS) is 26.1. The summed E-state index contributed by atoms with van der Waals surface area (Å²) in [4.78, 5) is 10.6. The van der Waals surface area contributed by atoms with Gasteiger partial charge in [-0.3, -0.25) is 10.0 Å². The van der Waals surface area contributed by atoms with Gasteiger partial charge in [-0.15, -0.1) is 11.8 Å². The van der Waals surface area contributed by atoms with Gasteiger partial charge in [0.1, 0.15) is 0 Å². The molecule has 1 fully saturated rings. The predicted molar refractivity (Wildman–Crippen MR) is 35.4 cm³/mol. The summed E-state index contributed by atoms with van der Waals surface area (Å²) >= 11 is 1.60. The van der Waals surface area contributed by atoms with Crippen LogP contribution in [0.3, 0.4) is 0 Å². The Hall–Kier alpha value is -0.220. The molecule has 0 radical (unpaired) electrons. The van der Waals surface area contributed by atoms with E-state index in [1.807, 2.05) is 0 Å². The number of hydrogen-bond acceptors (Lipinski definition) is 3. The number of rotatable bonds is 1. The Morgan fingerprint density at radius 1 is 1.78 bits per heavy atom. The lowest BCUT2D eigenvalue weighted by Gasteiger charge is -2.02. The molecule has 1 aliphatic heterocycles. The summed E-state index contributed by atoms with van der Waals surface area (Å²) in [6, 6.07) is 0. The first-order valence-electron chi connectivity index (χ1n) is 2.90. The first-order valence-corrected chi connectivity index (χ1v) is 3.95. The van der Waals surface area contributed by atoms with E-state index in [2.05, 4.69) is 0 Å². The van der Waals surface area contributed by atoms with Crippen LogP contribution < -0.4 is 5.48 Å². The lowest BCUT2D eigenvalue weighted by atomic mass is 10.2. The van der Waals surface area contributed by atoms with Gasteiger partial charge in [0, 0.05) is 0 Å². The average Bonchev–Trinajstić information content (AvgIpc) is 2.37. The Labute approximate surface area is 57.8 Å². The van der Waals surface area contributed by atoms with Crippen LogP contribution in [-0.2, 0) is 4.79 Å². The minimum Gasteiger partial charge on any atom is -0.289 e. The summed E-state index contributed by atoms with van der Waals surface area (Å²) in [5.74, 6) is 0.787. The molecule has 1 atom stereocenters. The quantitative estimate of drug-likeness (QED) is 0.416. The Balaban J connectivity index is 2.32. The summed E-state index contributed by atoms with van der Waals surface area (Å²) in [5.41, 5.74) is 1.65. The molecule has 1 aliphatic rings. The van der Waals surface area contributed by atoms with Crippen molar-refractivity contribution in [1.82, 2.24) is 5.48 Å². The van der Waals surface area contributed by atoms with E-state index < -0.39 is 0 Å². The van der Waals surface area contributed by atoms with Crippen LogP contribution in [-0.4, -0.2) is 22.1 Å². The maximum Gasteiger partial charge on any atom is 0.256 e. The molecular weight excluding hydrogens is 138 g/mol. The Morgan fingerprint density at radius 3 is 3.00 bits per heavy atom. The maximum atomic E-state index is 10.6. The molecule has 0 spiro atoms. The van der Waals surface area contributed by atoms with E-state index in [-0.39, 0.29) is 11.2 Å². The van der Waals surface area contributed by atoms with Gasteiger partial charge in [-0.1, -0.05) is 0 Å². The first kappa shape index (κ1) is 6.89. The molecule has 1 rings (SSSR count). The molecule has 0 saturated carbocycles. The fraction of sp³-hybridized carbons (Fsp3) is 0.800. The van der Waals surface area contributed by atoms with Gasteiger partial charge in [-0.2, -0.15) is 0 Å². The lowest BCUT2D eigenvalue weighted by molar-refractivity contribution is -0.128.